The number of benzene rings is 1. The van der Waals surface area contributed by atoms with Gasteiger partial charge in [0.1, 0.15) is 0 Å². The summed E-state index contributed by atoms with van der Waals surface area (Å²) in [5.41, 5.74) is 5.72. The number of nitro groups is 1. The molecule has 1 aromatic heterocycles. The fraction of sp³-hybridized carbons (Fsp3) is 0.333. The van der Waals surface area contributed by atoms with Gasteiger partial charge in [0.2, 0.25) is 11.7 Å². The molecule has 8 nitrogen and oxygen atoms in total. The van der Waals surface area contributed by atoms with Crippen molar-refractivity contribution in [3.63, 3.8) is 0 Å². The average Bonchev–Trinajstić information content (AvgIpc) is 2.93. The van der Waals surface area contributed by atoms with Gasteiger partial charge in [0.25, 0.3) is 0 Å². The Kier molecular flexibility index (Phi) is 4.26. The van der Waals surface area contributed by atoms with E-state index >= 15 is 0 Å². The van der Waals surface area contributed by atoms with Gasteiger partial charge in [-0.25, -0.2) is 0 Å². The highest BCUT2D eigenvalue weighted by atomic mass is 16.6. The molecule has 0 aliphatic carbocycles. The predicted octanol–water partition coefficient (Wildman–Crippen LogP) is 1.89. The van der Waals surface area contributed by atoms with Crippen LogP contribution in [0.4, 0.5) is 5.69 Å². The van der Waals surface area contributed by atoms with Gasteiger partial charge in [0.15, 0.2) is 5.75 Å². The van der Waals surface area contributed by atoms with Gasteiger partial charge in [0, 0.05) is 11.6 Å². The second-order valence-electron chi connectivity index (χ2n) is 4.00. The molecule has 2 rings (SSSR count). The van der Waals surface area contributed by atoms with Crippen LogP contribution in [-0.4, -0.2) is 21.7 Å². The Morgan fingerprint density at radius 2 is 2.30 bits per heavy atom. The van der Waals surface area contributed by atoms with E-state index in [2.05, 4.69) is 10.1 Å². The molecule has 106 valence electrons. The quantitative estimate of drug-likeness (QED) is 0.633. The van der Waals surface area contributed by atoms with E-state index in [9.17, 15) is 10.1 Å². The fourth-order valence-electron chi connectivity index (χ4n) is 1.59. The SMILES string of the molecule is CCCOc1ccc(-c2noc(CN)n2)cc1[N+](=O)[O-]. The maximum atomic E-state index is 11.1. The summed E-state index contributed by atoms with van der Waals surface area (Å²) >= 11 is 0. The van der Waals surface area contributed by atoms with E-state index in [-0.39, 0.29) is 29.7 Å². The van der Waals surface area contributed by atoms with Gasteiger partial charge < -0.3 is 15.0 Å². The van der Waals surface area contributed by atoms with Crippen LogP contribution in [0.5, 0.6) is 5.75 Å². The lowest BCUT2D eigenvalue weighted by Gasteiger charge is -2.05. The van der Waals surface area contributed by atoms with Crippen LogP contribution in [0.25, 0.3) is 11.4 Å². The molecule has 0 unspecified atom stereocenters. The predicted molar refractivity (Wildman–Crippen MR) is 70.1 cm³/mol. The Morgan fingerprint density at radius 1 is 1.50 bits per heavy atom. The number of nitro benzene ring substituents is 1. The minimum atomic E-state index is -0.502. The molecular weight excluding hydrogens is 264 g/mol. The van der Waals surface area contributed by atoms with Crippen LogP contribution < -0.4 is 10.5 Å². The highest BCUT2D eigenvalue weighted by Gasteiger charge is 2.18. The topological polar surface area (TPSA) is 117 Å². The Balaban J connectivity index is 2.36. The number of hydrogen-bond donors (Lipinski definition) is 1. The molecule has 1 aromatic carbocycles. The van der Waals surface area contributed by atoms with Crippen molar-refractivity contribution in [2.45, 2.75) is 19.9 Å². The van der Waals surface area contributed by atoms with Gasteiger partial charge in [-0.05, 0) is 18.6 Å². The highest BCUT2D eigenvalue weighted by molar-refractivity contribution is 5.63. The third kappa shape index (κ3) is 2.91. The lowest BCUT2D eigenvalue weighted by Crippen LogP contribution is -2.00. The standard InChI is InChI=1S/C12H14N4O4/c1-2-5-19-10-4-3-8(6-9(10)16(17)18)12-14-11(7-13)20-15-12/h3-4,6H,2,5,7,13H2,1H3. The first-order chi connectivity index (χ1) is 9.65. The zero-order chi connectivity index (χ0) is 14.5. The van der Waals surface area contributed by atoms with Crippen molar-refractivity contribution >= 4 is 5.69 Å². The molecule has 0 amide bonds. The summed E-state index contributed by atoms with van der Waals surface area (Å²) in [6, 6.07) is 4.53. The fourth-order valence-corrected chi connectivity index (χ4v) is 1.59. The summed E-state index contributed by atoms with van der Waals surface area (Å²) in [5, 5.41) is 14.8. The van der Waals surface area contributed by atoms with Gasteiger partial charge in [-0.1, -0.05) is 12.1 Å². The molecule has 20 heavy (non-hydrogen) atoms. The van der Waals surface area contributed by atoms with Crippen molar-refractivity contribution in [3.05, 3.63) is 34.2 Å². The van der Waals surface area contributed by atoms with E-state index in [1.165, 1.54) is 12.1 Å². The largest absolute Gasteiger partial charge is 0.487 e. The summed E-state index contributed by atoms with van der Waals surface area (Å²) in [4.78, 5) is 14.6. The average molecular weight is 278 g/mol. The number of aromatic nitrogens is 2. The molecule has 0 aliphatic rings. The van der Waals surface area contributed by atoms with Gasteiger partial charge in [-0.15, -0.1) is 0 Å². The zero-order valence-corrected chi connectivity index (χ0v) is 10.9. The van der Waals surface area contributed by atoms with Gasteiger partial charge in [-0.2, -0.15) is 4.98 Å². The molecule has 0 spiro atoms. The summed E-state index contributed by atoms with van der Waals surface area (Å²) in [6.07, 6.45) is 0.767. The molecule has 0 fully saturated rings. The molecule has 0 atom stereocenters. The van der Waals surface area contributed by atoms with Crippen LogP contribution in [0.1, 0.15) is 19.2 Å². The normalized spacial score (nSPS) is 10.5. The number of rotatable bonds is 6. The van der Waals surface area contributed by atoms with Crippen LogP contribution in [0, 0.1) is 10.1 Å². The maximum absolute atomic E-state index is 11.1. The van der Waals surface area contributed by atoms with E-state index in [1.54, 1.807) is 6.07 Å². The summed E-state index contributed by atoms with van der Waals surface area (Å²) in [6.45, 7) is 2.46. The summed E-state index contributed by atoms with van der Waals surface area (Å²) in [7, 11) is 0. The monoisotopic (exact) mass is 278 g/mol. The van der Waals surface area contributed by atoms with E-state index in [1.807, 2.05) is 6.92 Å². The first kappa shape index (κ1) is 13.9. The maximum Gasteiger partial charge on any atom is 0.311 e. The molecule has 2 N–H and O–H groups in total. The third-order valence-electron chi connectivity index (χ3n) is 2.52. The van der Waals surface area contributed by atoms with Crippen LogP contribution in [0.3, 0.4) is 0 Å². The molecule has 0 saturated carbocycles. The van der Waals surface area contributed by atoms with E-state index < -0.39 is 4.92 Å². The second-order valence-corrected chi connectivity index (χ2v) is 4.00. The van der Waals surface area contributed by atoms with E-state index in [0.29, 0.717) is 12.2 Å². The number of ether oxygens (including phenoxy) is 1. The summed E-state index contributed by atoms with van der Waals surface area (Å²) < 4.78 is 10.2. The first-order valence-corrected chi connectivity index (χ1v) is 6.10. The van der Waals surface area contributed by atoms with Crippen molar-refractivity contribution in [1.29, 1.82) is 0 Å². The van der Waals surface area contributed by atoms with Crippen LogP contribution in [0.15, 0.2) is 22.7 Å². The summed E-state index contributed by atoms with van der Waals surface area (Å²) in [5.74, 6) is 0.757. The lowest BCUT2D eigenvalue weighted by molar-refractivity contribution is -0.385. The number of nitrogens with zero attached hydrogens (tertiary/aromatic N) is 3. The zero-order valence-electron chi connectivity index (χ0n) is 10.9. The molecule has 0 aliphatic heterocycles. The molecule has 2 aromatic rings. The van der Waals surface area contributed by atoms with Crippen molar-refractivity contribution in [2.24, 2.45) is 5.73 Å². The van der Waals surface area contributed by atoms with Crippen molar-refractivity contribution in [1.82, 2.24) is 10.1 Å². The van der Waals surface area contributed by atoms with Crippen molar-refractivity contribution < 1.29 is 14.2 Å². The molecule has 0 radical (unpaired) electrons. The molecule has 8 heteroatoms. The van der Waals surface area contributed by atoms with Crippen LogP contribution >= 0.6 is 0 Å². The van der Waals surface area contributed by atoms with E-state index in [0.717, 1.165) is 6.42 Å². The third-order valence-corrected chi connectivity index (χ3v) is 2.52. The van der Waals surface area contributed by atoms with Crippen molar-refractivity contribution in [2.75, 3.05) is 6.61 Å². The van der Waals surface area contributed by atoms with Gasteiger partial charge >= 0.3 is 5.69 Å². The molecular formula is C12H14N4O4. The number of hydrogen-bond acceptors (Lipinski definition) is 7. The van der Waals surface area contributed by atoms with Gasteiger partial charge in [-0.3, -0.25) is 10.1 Å². The minimum Gasteiger partial charge on any atom is -0.487 e. The Labute approximate surface area is 114 Å². The molecule has 0 bridgehead atoms. The van der Waals surface area contributed by atoms with Gasteiger partial charge in [0.05, 0.1) is 18.1 Å². The van der Waals surface area contributed by atoms with E-state index in [4.69, 9.17) is 15.0 Å². The smallest absolute Gasteiger partial charge is 0.311 e. The number of nitrogens with two attached hydrogens (primary N) is 1. The highest BCUT2D eigenvalue weighted by Crippen LogP contribution is 2.31. The molecule has 1 heterocycles. The van der Waals surface area contributed by atoms with Crippen molar-refractivity contribution in [3.8, 4) is 17.1 Å². The Hall–Kier alpha value is -2.48. The Bertz CT molecular complexity index is 611. The minimum absolute atomic E-state index is 0.118. The lowest BCUT2D eigenvalue weighted by atomic mass is 10.2. The van der Waals surface area contributed by atoms with Crippen LogP contribution in [-0.2, 0) is 6.54 Å². The molecule has 0 saturated heterocycles. The van der Waals surface area contributed by atoms with Crippen LogP contribution in [0.2, 0.25) is 0 Å². The second kappa shape index (κ2) is 6.11. The Morgan fingerprint density at radius 3 is 2.90 bits per heavy atom. The first-order valence-electron chi connectivity index (χ1n) is 6.10.